The normalized spacial score (nSPS) is 19.6. The summed E-state index contributed by atoms with van der Waals surface area (Å²) in [7, 11) is 1.44. The standard InChI is InChI=1S/C13H16ClNO4S/c14-20(17,18)12-5-1-4-11(7-12)13(16)15-8-10-3-2-6-19-9-10/h1,4-5,7,10H,2-3,6,8-9H2,(H,15,16). The summed E-state index contributed by atoms with van der Waals surface area (Å²) in [6.45, 7) is 1.95. The lowest BCUT2D eigenvalue weighted by Gasteiger charge is -2.22. The summed E-state index contributed by atoms with van der Waals surface area (Å²) in [6, 6.07) is 5.68. The highest BCUT2D eigenvalue weighted by Crippen LogP contribution is 2.16. The van der Waals surface area contributed by atoms with Crippen molar-refractivity contribution in [1.29, 1.82) is 0 Å². The number of carbonyl (C=O) groups is 1. The number of hydrogen-bond acceptors (Lipinski definition) is 4. The van der Waals surface area contributed by atoms with Crippen LogP contribution in [-0.2, 0) is 13.8 Å². The molecule has 1 fully saturated rings. The van der Waals surface area contributed by atoms with E-state index < -0.39 is 9.05 Å². The predicted octanol–water partition coefficient (Wildman–Crippen LogP) is 1.77. The number of ether oxygens (including phenoxy) is 1. The minimum Gasteiger partial charge on any atom is -0.381 e. The Hall–Kier alpha value is -1.11. The maximum atomic E-state index is 12.0. The molecule has 1 aliphatic heterocycles. The summed E-state index contributed by atoms with van der Waals surface area (Å²) in [4.78, 5) is 11.9. The maximum Gasteiger partial charge on any atom is 0.261 e. The number of benzene rings is 1. The van der Waals surface area contributed by atoms with Crippen molar-refractivity contribution in [3.63, 3.8) is 0 Å². The van der Waals surface area contributed by atoms with E-state index in [9.17, 15) is 13.2 Å². The average molecular weight is 318 g/mol. The van der Waals surface area contributed by atoms with Crippen LogP contribution in [0.25, 0.3) is 0 Å². The van der Waals surface area contributed by atoms with E-state index in [1.807, 2.05) is 0 Å². The third-order valence-electron chi connectivity index (χ3n) is 3.18. The summed E-state index contributed by atoms with van der Waals surface area (Å²) in [6.07, 6.45) is 2.02. The zero-order chi connectivity index (χ0) is 14.6. The molecule has 1 saturated heterocycles. The molecule has 1 aromatic rings. The lowest BCUT2D eigenvalue weighted by Crippen LogP contribution is -2.33. The first kappa shape index (κ1) is 15.3. The molecular formula is C13H16ClNO4S. The van der Waals surface area contributed by atoms with Gasteiger partial charge < -0.3 is 10.1 Å². The van der Waals surface area contributed by atoms with Crippen LogP contribution in [0.1, 0.15) is 23.2 Å². The number of nitrogens with one attached hydrogen (secondary N) is 1. The molecule has 0 aromatic heterocycles. The van der Waals surface area contributed by atoms with Gasteiger partial charge in [0.25, 0.3) is 15.0 Å². The molecule has 5 nitrogen and oxygen atoms in total. The number of amides is 1. The lowest BCUT2D eigenvalue weighted by molar-refractivity contribution is 0.0536. The largest absolute Gasteiger partial charge is 0.381 e. The Morgan fingerprint density at radius 2 is 2.25 bits per heavy atom. The summed E-state index contributed by atoms with van der Waals surface area (Å²) < 4.78 is 27.8. The minimum atomic E-state index is -3.82. The Kier molecular flexibility index (Phi) is 5.01. The van der Waals surface area contributed by atoms with Crippen molar-refractivity contribution in [3.05, 3.63) is 29.8 Å². The summed E-state index contributed by atoms with van der Waals surface area (Å²) in [5.74, 6) is 0.00498. The molecule has 2 rings (SSSR count). The van der Waals surface area contributed by atoms with Gasteiger partial charge in [-0.05, 0) is 37.0 Å². The minimum absolute atomic E-state index is 0.0761. The van der Waals surface area contributed by atoms with Crippen molar-refractivity contribution in [1.82, 2.24) is 5.32 Å². The fraction of sp³-hybridized carbons (Fsp3) is 0.462. The van der Waals surface area contributed by atoms with Gasteiger partial charge in [-0.2, -0.15) is 0 Å². The fourth-order valence-electron chi connectivity index (χ4n) is 2.10. The third-order valence-corrected chi connectivity index (χ3v) is 4.54. The van der Waals surface area contributed by atoms with Crippen LogP contribution in [0.5, 0.6) is 0 Å². The molecule has 1 atom stereocenters. The van der Waals surface area contributed by atoms with E-state index in [0.717, 1.165) is 19.4 Å². The third kappa shape index (κ3) is 4.19. The first-order valence-electron chi connectivity index (χ1n) is 6.37. The van der Waals surface area contributed by atoms with Crippen LogP contribution in [0.3, 0.4) is 0 Å². The molecule has 0 saturated carbocycles. The van der Waals surface area contributed by atoms with Gasteiger partial charge in [-0.15, -0.1) is 0 Å². The van der Waals surface area contributed by atoms with Gasteiger partial charge in [0.05, 0.1) is 11.5 Å². The van der Waals surface area contributed by atoms with Crippen LogP contribution in [0.2, 0.25) is 0 Å². The number of rotatable bonds is 4. The summed E-state index contributed by atoms with van der Waals surface area (Å²) in [5, 5.41) is 2.79. The zero-order valence-electron chi connectivity index (χ0n) is 10.8. The Labute approximate surface area is 122 Å². The van der Waals surface area contributed by atoms with Crippen LogP contribution < -0.4 is 5.32 Å². The van der Waals surface area contributed by atoms with Gasteiger partial charge in [-0.25, -0.2) is 8.42 Å². The topological polar surface area (TPSA) is 72.5 Å². The van der Waals surface area contributed by atoms with Crippen molar-refractivity contribution in [2.45, 2.75) is 17.7 Å². The molecule has 1 unspecified atom stereocenters. The highest BCUT2D eigenvalue weighted by Gasteiger charge is 2.17. The molecule has 0 aliphatic carbocycles. The zero-order valence-corrected chi connectivity index (χ0v) is 12.4. The lowest BCUT2D eigenvalue weighted by atomic mass is 10.0. The van der Waals surface area contributed by atoms with Gasteiger partial charge in [0.2, 0.25) is 0 Å². The molecule has 0 bridgehead atoms. The second-order valence-corrected chi connectivity index (χ2v) is 7.32. The van der Waals surface area contributed by atoms with Crippen molar-refractivity contribution >= 4 is 25.6 Å². The molecule has 0 spiro atoms. The fourth-order valence-corrected chi connectivity index (χ4v) is 2.89. The molecule has 1 N–H and O–H groups in total. The molecule has 1 aromatic carbocycles. The quantitative estimate of drug-likeness (QED) is 0.859. The smallest absolute Gasteiger partial charge is 0.261 e. The number of carbonyl (C=O) groups excluding carboxylic acids is 1. The maximum absolute atomic E-state index is 12.0. The highest BCUT2D eigenvalue weighted by atomic mass is 35.7. The van der Waals surface area contributed by atoms with Crippen LogP contribution in [-0.4, -0.2) is 34.1 Å². The van der Waals surface area contributed by atoms with Crippen LogP contribution in [0.4, 0.5) is 0 Å². The van der Waals surface area contributed by atoms with E-state index in [0.29, 0.717) is 19.1 Å². The van der Waals surface area contributed by atoms with Crippen LogP contribution >= 0.6 is 10.7 Å². The van der Waals surface area contributed by atoms with E-state index in [1.54, 1.807) is 6.07 Å². The molecule has 7 heteroatoms. The van der Waals surface area contributed by atoms with Gasteiger partial charge in [0, 0.05) is 29.4 Å². The molecule has 1 heterocycles. The molecule has 0 radical (unpaired) electrons. The number of hydrogen-bond donors (Lipinski definition) is 1. The van der Waals surface area contributed by atoms with E-state index in [-0.39, 0.29) is 16.4 Å². The van der Waals surface area contributed by atoms with E-state index in [1.165, 1.54) is 18.2 Å². The van der Waals surface area contributed by atoms with Crippen molar-refractivity contribution in [2.24, 2.45) is 5.92 Å². The Morgan fingerprint density at radius 3 is 2.90 bits per heavy atom. The molecular weight excluding hydrogens is 302 g/mol. The van der Waals surface area contributed by atoms with Gasteiger partial charge in [0.1, 0.15) is 0 Å². The highest BCUT2D eigenvalue weighted by molar-refractivity contribution is 8.13. The van der Waals surface area contributed by atoms with E-state index >= 15 is 0 Å². The van der Waals surface area contributed by atoms with Gasteiger partial charge >= 0.3 is 0 Å². The Balaban J connectivity index is 1.98. The van der Waals surface area contributed by atoms with Crippen molar-refractivity contribution < 1.29 is 17.9 Å². The summed E-state index contributed by atoms with van der Waals surface area (Å²) >= 11 is 0. The van der Waals surface area contributed by atoms with Crippen LogP contribution in [0, 0.1) is 5.92 Å². The Morgan fingerprint density at radius 1 is 1.45 bits per heavy atom. The van der Waals surface area contributed by atoms with Crippen molar-refractivity contribution in [3.8, 4) is 0 Å². The van der Waals surface area contributed by atoms with E-state index in [2.05, 4.69) is 5.32 Å². The second kappa shape index (κ2) is 6.56. The molecule has 1 aliphatic rings. The first-order valence-corrected chi connectivity index (χ1v) is 8.68. The molecule has 20 heavy (non-hydrogen) atoms. The van der Waals surface area contributed by atoms with Gasteiger partial charge in [0.15, 0.2) is 0 Å². The van der Waals surface area contributed by atoms with Gasteiger partial charge in [-0.3, -0.25) is 4.79 Å². The second-order valence-electron chi connectivity index (χ2n) is 4.76. The number of halogens is 1. The van der Waals surface area contributed by atoms with E-state index in [4.69, 9.17) is 15.4 Å². The summed E-state index contributed by atoms with van der Waals surface area (Å²) in [5.41, 5.74) is 0.281. The molecule has 1 amide bonds. The monoisotopic (exact) mass is 317 g/mol. The Bertz CT molecular complexity index is 582. The van der Waals surface area contributed by atoms with Gasteiger partial charge in [-0.1, -0.05) is 6.07 Å². The van der Waals surface area contributed by atoms with Crippen molar-refractivity contribution in [2.75, 3.05) is 19.8 Å². The molecule has 110 valence electrons. The average Bonchev–Trinajstić information content (AvgIpc) is 2.45. The van der Waals surface area contributed by atoms with Crippen LogP contribution in [0.15, 0.2) is 29.2 Å². The predicted molar refractivity (Wildman–Crippen MR) is 75.4 cm³/mol. The first-order chi connectivity index (χ1) is 9.47. The SMILES string of the molecule is O=C(NCC1CCCOC1)c1cccc(S(=O)(=O)Cl)c1.